The molecule has 2 aliphatic rings. The van der Waals surface area contributed by atoms with Gasteiger partial charge in [0, 0.05) is 18.0 Å². The number of nitrogens with zero attached hydrogens (tertiary/aromatic N) is 4. The number of anilines is 1. The van der Waals surface area contributed by atoms with Crippen molar-refractivity contribution in [1.82, 2.24) is 19.5 Å². The van der Waals surface area contributed by atoms with Gasteiger partial charge in [-0.1, -0.05) is 0 Å². The van der Waals surface area contributed by atoms with Gasteiger partial charge in [0.2, 0.25) is 0 Å². The van der Waals surface area contributed by atoms with Crippen LogP contribution in [0.4, 0.5) is 5.82 Å². The highest BCUT2D eigenvalue weighted by atomic mass is 16.5. The number of nitrogen functional groups attached to an aromatic ring is 1. The lowest BCUT2D eigenvalue weighted by Crippen LogP contribution is -2.20. The Hall–Kier alpha value is -1.99. The minimum absolute atomic E-state index is 0.511. The molecule has 0 amide bonds. The van der Waals surface area contributed by atoms with Crippen molar-refractivity contribution >= 4 is 5.82 Å². The lowest BCUT2D eigenvalue weighted by Gasteiger charge is -2.19. The second-order valence-corrected chi connectivity index (χ2v) is 5.19. The predicted octanol–water partition coefficient (Wildman–Crippen LogP) is 1.03. The van der Waals surface area contributed by atoms with Crippen LogP contribution in [0.15, 0.2) is 12.5 Å². The Morgan fingerprint density at radius 3 is 3.05 bits per heavy atom. The number of aromatic nitrogens is 4. The Kier molecular flexibility index (Phi) is 2.68. The van der Waals surface area contributed by atoms with Gasteiger partial charge in [-0.2, -0.15) is 0 Å². The summed E-state index contributed by atoms with van der Waals surface area (Å²) in [6.45, 7) is 1.20. The molecular formula is C13H16N6O. The van der Waals surface area contributed by atoms with Gasteiger partial charge in [0.15, 0.2) is 5.82 Å². The van der Waals surface area contributed by atoms with Crippen LogP contribution in [0.3, 0.4) is 0 Å². The first-order valence-electron chi connectivity index (χ1n) is 6.83. The number of ether oxygens (including phenoxy) is 1. The van der Waals surface area contributed by atoms with Gasteiger partial charge in [-0.15, -0.1) is 0 Å². The van der Waals surface area contributed by atoms with Gasteiger partial charge in [-0.05, 0) is 12.8 Å². The van der Waals surface area contributed by atoms with Crippen molar-refractivity contribution in [3.8, 4) is 11.5 Å². The Bertz CT molecular complexity index is 631. The van der Waals surface area contributed by atoms with Crippen molar-refractivity contribution in [3.05, 3.63) is 23.8 Å². The number of nitrogens with two attached hydrogens (primary N) is 1. The molecule has 104 valence electrons. The van der Waals surface area contributed by atoms with Gasteiger partial charge in [0.05, 0.1) is 31.4 Å². The minimum atomic E-state index is 0.511. The summed E-state index contributed by atoms with van der Waals surface area (Å²) in [6, 6.07) is 0.546. The van der Waals surface area contributed by atoms with E-state index in [1.165, 1.54) is 12.8 Å². The Balaban J connectivity index is 1.83. The zero-order chi connectivity index (χ0) is 13.5. The Labute approximate surface area is 116 Å². The van der Waals surface area contributed by atoms with Gasteiger partial charge in [-0.25, -0.2) is 20.8 Å². The summed E-state index contributed by atoms with van der Waals surface area (Å²) in [6.07, 6.45) is 6.86. The maximum Gasteiger partial charge on any atom is 0.180 e. The number of imidazole rings is 1. The predicted molar refractivity (Wildman–Crippen MR) is 72.7 cm³/mol. The van der Waals surface area contributed by atoms with E-state index < -0.39 is 0 Å². The maximum absolute atomic E-state index is 5.59. The quantitative estimate of drug-likeness (QED) is 0.640. The molecule has 0 spiro atoms. The fourth-order valence-corrected chi connectivity index (χ4v) is 2.59. The normalized spacial score (nSPS) is 17.9. The third-order valence-corrected chi connectivity index (χ3v) is 3.79. The molecule has 3 heterocycles. The Morgan fingerprint density at radius 1 is 1.35 bits per heavy atom. The van der Waals surface area contributed by atoms with Crippen LogP contribution >= 0.6 is 0 Å². The largest absolute Gasteiger partial charge is 0.376 e. The second-order valence-electron chi connectivity index (χ2n) is 5.19. The molecule has 1 saturated carbocycles. The van der Waals surface area contributed by atoms with E-state index in [1.807, 2.05) is 12.5 Å². The molecule has 1 aliphatic heterocycles. The van der Waals surface area contributed by atoms with Crippen LogP contribution in [0.1, 0.15) is 30.1 Å². The van der Waals surface area contributed by atoms with E-state index in [1.54, 1.807) is 0 Å². The lowest BCUT2D eigenvalue weighted by atomic mass is 10.1. The van der Waals surface area contributed by atoms with E-state index >= 15 is 0 Å². The summed E-state index contributed by atoms with van der Waals surface area (Å²) in [5, 5.41) is 0. The number of rotatable bonds is 3. The SMILES string of the molecule is NNc1nc(-c2cncn2C2CC2)nc2c1COCC2. The van der Waals surface area contributed by atoms with Crippen molar-refractivity contribution in [2.45, 2.75) is 31.9 Å². The van der Waals surface area contributed by atoms with Crippen molar-refractivity contribution in [3.63, 3.8) is 0 Å². The number of nitrogens with one attached hydrogen (secondary N) is 1. The molecule has 0 bridgehead atoms. The van der Waals surface area contributed by atoms with Gasteiger partial charge in [0.25, 0.3) is 0 Å². The van der Waals surface area contributed by atoms with E-state index in [0.29, 0.717) is 30.9 Å². The molecule has 2 aromatic rings. The van der Waals surface area contributed by atoms with E-state index in [9.17, 15) is 0 Å². The first-order chi connectivity index (χ1) is 9.86. The summed E-state index contributed by atoms with van der Waals surface area (Å²) in [7, 11) is 0. The molecule has 0 atom stereocenters. The maximum atomic E-state index is 5.59. The summed E-state index contributed by atoms with van der Waals surface area (Å²) in [4.78, 5) is 13.5. The standard InChI is InChI=1S/C13H16N6O/c14-18-12-9-6-20-4-3-10(9)16-13(17-12)11-5-15-7-19(11)8-1-2-8/h5,7-8H,1-4,6,14H2,(H,16,17,18). The van der Waals surface area contributed by atoms with E-state index in [2.05, 4.69) is 24.9 Å². The molecule has 20 heavy (non-hydrogen) atoms. The third kappa shape index (κ3) is 1.86. The monoisotopic (exact) mass is 272 g/mol. The summed E-state index contributed by atoms with van der Waals surface area (Å²) >= 11 is 0. The second kappa shape index (κ2) is 4.53. The van der Waals surface area contributed by atoms with Crippen molar-refractivity contribution in [2.24, 2.45) is 5.84 Å². The third-order valence-electron chi connectivity index (χ3n) is 3.79. The molecular weight excluding hydrogens is 256 g/mol. The van der Waals surface area contributed by atoms with Gasteiger partial charge < -0.3 is 14.7 Å². The fraction of sp³-hybridized carbons (Fsp3) is 0.462. The molecule has 0 saturated heterocycles. The molecule has 1 fully saturated rings. The van der Waals surface area contributed by atoms with Crippen molar-refractivity contribution in [2.75, 3.05) is 12.0 Å². The number of hydrogen-bond acceptors (Lipinski definition) is 6. The topological polar surface area (TPSA) is 90.9 Å². The molecule has 0 aromatic carbocycles. The van der Waals surface area contributed by atoms with Crippen LogP contribution in [0.2, 0.25) is 0 Å². The number of hydrazine groups is 1. The average molecular weight is 272 g/mol. The lowest BCUT2D eigenvalue weighted by molar-refractivity contribution is 0.109. The van der Waals surface area contributed by atoms with Crippen LogP contribution in [-0.4, -0.2) is 26.1 Å². The molecule has 1 aliphatic carbocycles. The van der Waals surface area contributed by atoms with E-state index in [0.717, 1.165) is 23.4 Å². The minimum Gasteiger partial charge on any atom is -0.376 e. The zero-order valence-corrected chi connectivity index (χ0v) is 11.0. The summed E-state index contributed by atoms with van der Waals surface area (Å²) in [5.74, 6) is 6.92. The van der Waals surface area contributed by atoms with Crippen molar-refractivity contribution < 1.29 is 4.74 Å². The van der Waals surface area contributed by atoms with Crippen LogP contribution < -0.4 is 11.3 Å². The highest BCUT2D eigenvalue weighted by Crippen LogP contribution is 2.38. The fourth-order valence-electron chi connectivity index (χ4n) is 2.59. The van der Waals surface area contributed by atoms with Crippen molar-refractivity contribution in [1.29, 1.82) is 0 Å². The molecule has 3 N–H and O–H groups in total. The molecule has 7 nitrogen and oxygen atoms in total. The van der Waals surface area contributed by atoms with Gasteiger partial charge in [0.1, 0.15) is 11.5 Å². The van der Waals surface area contributed by atoms with Crippen LogP contribution in [-0.2, 0) is 17.8 Å². The molecule has 0 radical (unpaired) electrons. The average Bonchev–Trinajstić information content (AvgIpc) is 3.23. The number of fused-ring (bicyclic) bond motifs is 1. The van der Waals surface area contributed by atoms with E-state index in [4.69, 9.17) is 10.6 Å². The first kappa shape index (κ1) is 11.8. The Morgan fingerprint density at radius 2 is 2.25 bits per heavy atom. The van der Waals surface area contributed by atoms with Gasteiger partial charge >= 0.3 is 0 Å². The molecule has 2 aromatic heterocycles. The van der Waals surface area contributed by atoms with Crippen LogP contribution in [0.5, 0.6) is 0 Å². The molecule has 7 heteroatoms. The highest BCUT2D eigenvalue weighted by Gasteiger charge is 2.27. The first-order valence-corrected chi connectivity index (χ1v) is 6.83. The molecule has 4 rings (SSSR count). The van der Waals surface area contributed by atoms with Crippen LogP contribution in [0, 0.1) is 0 Å². The molecule has 0 unspecified atom stereocenters. The van der Waals surface area contributed by atoms with E-state index in [-0.39, 0.29) is 0 Å². The highest BCUT2D eigenvalue weighted by molar-refractivity contribution is 5.56. The number of hydrogen-bond donors (Lipinski definition) is 2. The summed E-state index contributed by atoms with van der Waals surface area (Å²) < 4.78 is 7.60. The van der Waals surface area contributed by atoms with Gasteiger partial charge in [-0.3, -0.25) is 0 Å². The smallest absolute Gasteiger partial charge is 0.180 e. The summed E-state index contributed by atoms with van der Waals surface area (Å²) in [5.41, 5.74) is 5.59. The van der Waals surface area contributed by atoms with Crippen LogP contribution in [0.25, 0.3) is 11.5 Å². The zero-order valence-electron chi connectivity index (χ0n) is 11.0.